The van der Waals surface area contributed by atoms with Crippen LogP contribution >= 0.6 is 0 Å². The van der Waals surface area contributed by atoms with Gasteiger partial charge in [-0.25, -0.2) is 4.79 Å². The Kier molecular flexibility index (Phi) is 3.61. The number of rotatable bonds is 4. The summed E-state index contributed by atoms with van der Waals surface area (Å²) in [6.45, 7) is 0. The van der Waals surface area contributed by atoms with E-state index in [4.69, 9.17) is 10.8 Å². The molecule has 96 valence electrons. The van der Waals surface area contributed by atoms with E-state index in [1.165, 1.54) is 12.1 Å². The lowest BCUT2D eigenvalue weighted by Crippen LogP contribution is -2.11. The van der Waals surface area contributed by atoms with Crippen LogP contribution in [0.2, 0.25) is 0 Å². The molecule has 0 spiro atoms. The van der Waals surface area contributed by atoms with Gasteiger partial charge in [-0.3, -0.25) is 4.79 Å². The van der Waals surface area contributed by atoms with Gasteiger partial charge in [0.2, 0.25) is 0 Å². The molecule has 0 aliphatic heterocycles. The molecule has 4 heteroatoms. The molecule has 0 saturated carbocycles. The predicted molar refractivity (Wildman–Crippen MR) is 72.3 cm³/mol. The molecule has 0 aliphatic carbocycles. The summed E-state index contributed by atoms with van der Waals surface area (Å²) in [5.74, 6) is -1.32. The summed E-state index contributed by atoms with van der Waals surface area (Å²) in [6, 6.07) is 13.7. The molecule has 2 aromatic rings. The third-order valence-corrected chi connectivity index (χ3v) is 2.84. The van der Waals surface area contributed by atoms with Gasteiger partial charge in [0.15, 0.2) is 5.78 Å². The smallest absolute Gasteiger partial charge is 0.337 e. The van der Waals surface area contributed by atoms with Gasteiger partial charge in [-0.2, -0.15) is 0 Å². The molecule has 19 heavy (non-hydrogen) atoms. The summed E-state index contributed by atoms with van der Waals surface area (Å²) in [5, 5.41) is 8.97. The lowest BCUT2D eigenvalue weighted by Gasteiger charge is -2.07. The average Bonchev–Trinajstić information content (AvgIpc) is 2.39. The van der Waals surface area contributed by atoms with Crippen LogP contribution in [0, 0.1) is 0 Å². The second-order valence-corrected chi connectivity index (χ2v) is 4.16. The van der Waals surface area contributed by atoms with Gasteiger partial charge in [-0.15, -0.1) is 0 Å². The highest BCUT2D eigenvalue weighted by atomic mass is 16.4. The molecule has 0 unspecified atom stereocenters. The minimum atomic E-state index is -1.13. The van der Waals surface area contributed by atoms with Crippen LogP contribution in [0.25, 0.3) is 0 Å². The van der Waals surface area contributed by atoms with E-state index in [-0.39, 0.29) is 29.0 Å². The molecular weight excluding hydrogens is 242 g/mol. The third kappa shape index (κ3) is 2.80. The number of Topliss-reactive ketones (excluding diaryl/α,β-unsaturated/α-hetero) is 1. The van der Waals surface area contributed by atoms with E-state index in [1.807, 2.05) is 30.3 Å². The minimum absolute atomic E-state index is 0.0240. The first kappa shape index (κ1) is 12.8. The van der Waals surface area contributed by atoms with Crippen LogP contribution in [-0.4, -0.2) is 16.9 Å². The molecule has 0 heterocycles. The van der Waals surface area contributed by atoms with E-state index in [1.54, 1.807) is 6.07 Å². The number of nitrogens with two attached hydrogens (primary N) is 1. The first-order valence-electron chi connectivity index (χ1n) is 5.78. The first-order chi connectivity index (χ1) is 9.09. The van der Waals surface area contributed by atoms with Gasteiger partial charge in [0.1, 0.15) is 0 Å². The van der Waals surface area contributed by atoms with Crippen molar-refractivity contribution in [3.8, 4) is 0 Å². The standard InChI is InChI=1S/C15H13NO3/c16-14-11(7-4-8-12(14)15(18)19)13(17)9-10-5-2-1-3-6-10/h1-8H,9,16H2,(H,18,19). The van der Waals surface area contributed by atoms with Crippen LogP contribution in [0.15, 0.2) is 48.5 Å². The number of hydrogen-bond acceptors (Lipinski definition) is 3. The summed E-state index contributed by atoms with van der Waals surface area (Å²) in [5.41, 5.74) is 6.84. The van der Waals surface area contributed by atoms with Crippen LogP contribution in [-0.2, 0) is 6.42 Å². The highest BCUT2D eigenvalue weighted by Crippen LogP contribution is 2.19. The number of ketones is 1. The number of para-hydroxylation sites is 1. The Balaban J connectivity index is 2.30. The highest BCUT2D eigenvalue weighted by Gasteiger charge is 2.16. The number of carbonyl (C=O) groups excluding carboxylic acids is 1. The van der Waals surface area contributed by atoms with Crippen molar-refractivity contribution in [2.75, 3.05) is 5.73 Å². The van der Waals surface area contributed by atoms with E-state index in [2.05, 4.69) is 0 Å². The number of aromatic carboxylic acids is 1. The number of anilines is 1. The van der Waals surface area contributed by atoms with Crippen molar-refractivity contribution in [1.29, 1.82) is 0 Å². The Morgan fingerprint density at radius 2 is 1.58 bits per heavy atom. The van der Waals surface area contributed by atoms with Gasteiger partial charge < -0.3 is 10.8 Å². The zero-order valence-electron chi connectivity index (χ0n) is 10.2. The maximum absolute atomic E-state index is 12.1. The second kappa shape index (κ2) is 5.35. The summed E-state index contributed by atoms with van der Waals surface area (Å²) < 4.78 is 0. The van der Waals surface area contributed by atoms with Crippen molar-refractivity contribution < 1.29 is 14.7 Å². The van der Waals surface area contributed by atoms with Crippen molar-refractivity contribution in [2.45, 2.75) is 6.42 Å². The topological polar surface area (TPSA) is 80.4 Å². The lowest BCUT2D eigenvalue weighted by molar-refractivity contribution is 0.0698. The Hall–Kier alpha value is -2.62. The van der Waals surface area contributed by atoms with Crippen molar-refractivity contribution in [2.24, 2.45) is 0 Å². The van der Waals surface area contributed by atoms with E-state index in [0.29, 0.717) is 0 Å². The largest absolute Gasteiger partial charge is 0.478 e. The average molecular weight is 255 g/mol. The molecule has 0 bridgehead atoms. The molecule has 3 N–H and O–H groups in total. The fraction of sp³-hybridized carbons (Fsp3) is 0.0667. The molecule has 0 aliphatic rings. The minimum Gasteiger partial charge on any atom is -0.478 e. The van der Waals surface area contributed by atoms with Gasteiger partial charge in [0, 0.05) is 12.0 Å². The number of hydrogen-bond donors (Lipinski definition) is 2. The molecule has 0 radical (unpaired) electrons. The SMILES string of the molecule is Nc1c(C(=O)O)cccc1C(=O)Cc1ccccc1. The number of nitrogen functional groups attached to an aromatic ring is 1. The van der Waals surface area contributed by atoms with Gasteiger partial charge in [0.25, 0.3) is 0 Å². The Bertz CT molecular complexity index is 621. The summed E-state index contributed by atoms with van der Waals surface area (Å²) in [6.07, 6.45) is 0.202. The molecule has 2 rings (SSSR count). The highest BCUT2D eigenvalue weighted by molar-refractivity contribution is 6.06. The summed E-state index contributed by atoms with van der Waals surface area (Å²) in [4.78, 5) is 23.1. The van der Waals surface area contributed by atoms with Gasteiger partial charge in [-0.05, 0) is 17.7 Å². The molecule has 0 atom stereocenters. The maximum Gasteiger partial charge on any atom is 0.337 e. The molecule has 0 fully saturated rings. The lowest BCUT2D eigenvalue weighted by atomic mass is 9.99. The normalized spacial score (nSPS) is 10.1. The predicted octanol–water partition coefficient (Wildman–Crippen LogP) is 2.39. The van der Waals surface area contributed by atoms with E-state index in [0.717, 1.165) is 5.56 Å². The van der Waals surface area contributed by atoms with Crippen LogP contribution in [0.1, 0.15) is 26.3 Å². The van der Waals surface area contributed by atoms with Gasteiger partial charge >= 0.3 is 5.97 Å². The molecule has 0 amide bonds. The van der Waals surface area contributed by atoms with Crippen LogP contribution in [0.3, 0.4) is 0 Å². The molecule has 0 saturated heterocycles. The first-order valence-corrected chi connectivity index (χ1v) is 5.78. The zero-order chi connectivity index (χ0) is 13.8. The molecule has 0 aromatic heterocycles. The van der Waals surface area contributed by atoms with Gasteiger partial charge in [0.05, 0.1) is 11.3 Å². The number of carboxylic acids is 1. The number of carboxylic acid groups (broad SMARTS) is 1. The van der Waals surface area contributed by atoms with Crippen molar-refractivity contribution in [3.63, 3.8) is 0 Å². The summed E-state index contributed by atoms with van der Waals surface area (Å²) in [7, 11) is 0. The fourth-order valence-electron chi connectivity index (χ4n) is 1.87. The zero-order valence-corrected chi connectivity index (χ0v) is 10.2. The summed E-state index contributed by atoms with van der Waals surface area (Å²) >= 11 is 0. The third-order valence-electron chi connectivity index (χ3n) is 2.84. The Labute approximate surface area is 110 Å². The Morgan fingerprint density at radius 1 is 0.947 bits per heavy atom. The molecular formula is C15H13NO3. The molecule has 4 nitrogen and oxygen atoms in total. The van der Waals surface area contributed by atoms with Gasteiger partial charge in [-0.1, -0.05) is 36.4 Å². The van der Waals surface area contributed by atoms with Crippen molar-refractivity contribution in [3.05, 3.63) is 65.2 Å². The number of benzene rings is 2. The van der Waals surface area contributed by atoms with Crippen LogP contribution < -0.4 is 5.73 Å². The molecule has 2 aromatic carbocycles. The van der Waals surface area contributed by atoms with E-state index < -0.39 is 5.97 Å². The number of carbonyl (C=O) groups is 2. The van der Waals surface area contributed by atoms with Crippen molar-refractivity contribution in [1.82, 2.24) is 0 Å². The van der Waals surface area contributed by atoms with Crippen LogP contribution in [0.4, 0.5) is 5.69 Å². The monoisotopic (exact) mass is 255 g/mol. The van der Waals surface area contributed by atoms with E-state index in [9.17, 15) is 9.59 Å². The fourth-order valence-corrected chi connectivity index (χ4v) is 1.87. The Morgan fingerprint density at radius 3 is 2.21 bits per heavy atom. The van der Waals surface area contributed by atoms with E-state index >= 15 is 0 Å². The maximum atomic E-state index is 12.1. The second-order valence-electron chi connectivity index (χ2n) is 4.16. The van der Waals surface area contributed by atoms with Crippen molar-refractivity contribution >= 4 is 17.4 Å². The van der Waals surface area contributed by atoms with Crippen LogP contribution in [0.5, 0.6) is 0 Å². The quantitative estimate of drug-likeness (QED) is 0.649.